The Morgan fingerprint density at radius 2 is 1.87 bits per heavy atom. The molecule has 2 aromatic carbocycles. The molecule has 1 unspecified atom stereocenters. The molecule has 6 heteroatoms. The number of nitrogens with zero attached hydrogens (tertiary/aromatic N) is 4. The monoisotopic (exact) mass is 307 g/mol. The molecule has 3 aromatic rings. The molecule has 0 saturated carbocycles. The van der Waals surface area contributed by atoms with E-state index in [2.05, 4.69) is 39.9 Å². The summed E-state index contributed by atoms with van der Waals surface area (Å²) >= 11 is 0. The summed E-state index contributed by atoms with van der Waals surface area (Å²) in [5.41, 5.74) is 2.63. The second kappa shape index (κ2) is 6.83. The average Bonchev–Trinajstić information content (AvgIpc) is 3.15. The first-order chi connectivity index (χ1) is 11.2. The molecule has 3 rings (SSSR count). The van der Waals surface area contributed by atoms with Crippen LogP contribution in [0.4, 0.5) is 0 Å². The minimum atomic E-state index is -0.0870. The Hall–Kier alpha value is -3.02. The van der Waals surface area contributed by atoms with Gasteiger partial charge < -0.3 is 5.32 Å². The summed E-state index contributed by atoms with van der Waals surface area (Å²) in [6.45, 7) is 2.69. The lowest BCUT2D eigenvalue weighted by molar-refractivity contribution is 0.0951. The van der Waals surface area contributed by atoms with Crippen LogP contribution < -0.4 is 5.32 Å². The van der Waals surface area contributed by atoms with Gasteiger partial charge in [0, 0.05) is 12.1 Å². The number of nitrogens with one attached hydrogen (secondary N) is 1. The van der Waals surface area contributed by atoms with E-state index in [1.54, 1.807) is 16.8 Å². The van der Waals surface area contributed by atoms with Crippen LogP contribution in [0.15, 0.2) is 60.9 Å². The summed E-state index contributed by atoms with van der Waals surface area (Å²) in [4.78, 5) is 12.2. The molecule has 1 aromatic heterocycles. The molecule has 0 radical (unpaired) electrons. The SMILES string of the molecule is CC(CNC(=O)c1ccc(-n2cnnn2)cc1)c1ccccc1. The maximum absolute atomic E-state index is 12.2. The standard InChI is InChI=1S/C17H17N5O/c1-13(14-5-3-2-4-6-14)11-18-17(23)15-7-9-16(10-8-15)22-12-19-20-21-22/h2-10,12-13H,11H2,1H3,(H,18,23). The number of carbonyl (C=O) groups excluding carboxylic acids is 1. The molecule has 0 fully saturated rings. The number of carbonyl (C=O) groups is 1. The van der Waals surface area contributed by atoms with Gasteiger partial charge in [0.25, 0.3) is 5.91 Å². The van der Waals surface area contributed by atoms with Gasteiger partial charge in [-0.2, -0.15) is 0 Å². The van der Waals surface area contributed by atoms with Crippen molar-refractivity contribution in [2.75, 3.05) is 6.54 Å². The summed E-state index contributed by atoms with van der Waals surface area (Å²) in [6.07, 6.45) is 1.51. The first-order valence-corrected chi connectivity index (χ1v) is 7.40. The van der Waals surface area contributed by atoms with Gasteiger partial charge in [0.05, 0.1) is 5.69 Å². The van der Waals surface area contributed by atoms with E-state index in [1.165, 1.54) is 11.9 Å². The van der Waals surface area contributed by atoms with Crippen LogP contribution in [-0.2, 0) is 0 Å². The van der Waals surface area contributed by atoms with E-state index in [4.69, 9.17) is 0 Å². The van der Waals surface area contributed by atoms with Crippen LogP contribution in [0.1, 0.15) is 28.8 Å². The Morgan fingerprint density at radius 1 is 1.13 bits per heavy atom. The third-order valence-electron chi connectivity index (χ3n) is 3.68. The van der Waals surface area contributed by atoms with Crippen molar-refractivity contribution in [1.82, 2.24) is 25.5 Å². The quantitative estimate of drug-likeness (QED) is 0.784. The minimum Gasteiger partial charge on any atom is -0.351 e. The molecule has 6 nitrogen and oxygen atoms in total. The third kappa shape index (κ3) is 3.60. The summed E-state index contributed by atoms with van der Waals surface area (Å²) in [5.74, 6) is 0.177. The highest BCUT2D eigenvalue weighted by molar-refractivity contribution is 5.94. The molecule has 0 aliphatic heterocycles. The number of amides is 1. The maximum atomic E-state index is 12.2. The number of benzene rings is 2. The first-order valence-electron chi connectivity index (χ1n) is 7.40. The largest absolute Gasteiger partial charge is 0.351 e. The van der Waals surface area contributed by atoms with Crippen molar-refractivity contribution in [2.24, 2.45) is 0 Å². The number of hydrogen-bond acceptors (Lipinski definition) is 4. The van der Waals surface area contributed by atoms with Gasteiger partial charge in [-0.05, 0) is 46.2 Å². The van der Waals surface area contributed by atoms with E-state index >= 15 is 0 Å². The fraction of sp³-hybridized carbons (Fsp3) is 0.176. The van der Waals surface area contributed by atoms with Crippen LogP contribution in [0.25, 0.3) is 5.69 Å². The van der Waals surface area contributed by atoms with Gasteiger partial charge in [0.15, 0.2) is 0 Å². The fourth-order valence-corrected chi connectivity index (χ4v) is 2.29. The molecular weight excluding hydrogens is 290 g/mol. The molecular formula is C17H17N5O. The second-order valence-corrected chi connectivity index (χ2v) is 5.32. The summed E-state index contributed by atoms with van der Waals surface area (Å²) < 4.78 is 1.54. The number of tetrazole rings is 1. The molecule has 0 aliphatic rings. The Kier molecular flexibility index (Phi) is 4.42. The van der Waals surface area contributed by atoms with Crippen LogP contribution in [0, 0.1) is 0 Å². The molecule has 1 N–H and O–H groups in total. The average molecular weight is 307 g/mol. The second-order valence-electron chi connectivity index (χ2n) is 5.32. The molecule has 0 saturated heterocycles. The van der Waals surface area contributed by atoms with Crippen molar-refractivity contribution in [3.8, 4) is 5.69 Å². The van der Waals surface area contributed by atoms with Crippen LogP contribution in [0.2, 0.25) is 0 Å². The molecule has 0 aliphatic carbocycles. The zero-order valence-corrected chi connectivity index (χ0v) is 12.8. The van der Waals surface area contributed by atoms with Crippen molar-refractivity contribution in [1.29, 1.82) is 0 Å². The lowest BCUT2D eigenvalue weighted by atomic mass is 10.0. The summed E-state index contributed by atoms with van der Waals surface area (Å²) in [6, 6.07) is 17.3. The maximum Gasteiger partial charge on any atom is 0.251 e. The number of rotatable bonds is 5. The smallest absolute Gasteiger partial charge is 0.251 e. The highest BCUT2D eigenvalue weighted by atomic mass is 16.1. The normalized spacial score (nSPS) is 11.9. The van der Waals surface area contributed by atoms with E-state index in [-0.39, 0.29) is 11.8 Å². The Labute approximate surface area is 134 Å². The zero-order chi connectivity index (χ0) is 16.1. The predicted molar refractivity (Wildman–Crippen MR) is 86.3 cm³/mol. The van der Waals surface area contributed by atoms with E-state index in [9.17, 15) is 4.79 Å². The van der Waals surface area contributed by atoms with Crippen molar-refractivity contribution in [3.05, 3.63) is 72.1 Å². The summed E-state index contributed by atoms with van der Waals surface area (Å²) in [7, 11) is 0. The lowest BCUT2D eigenvalue weighted by Gasteiger charge is -2.13. The van der Waals surface area contributed by atoms with Crippen LogP contribution >= 0.6 is 0 Å². The van der Waals surface area contributed by atoms with Gasteiger partial charge in [-0.3, -0.25) is 4.79 Å². The van der Waals surface area contributed by atoms with Crippen LogP contribution in [0.3, 0.4) is 0 Å². The van der Waals surface area contributed by atoms with E-state index in [0.29, 0.717) is 12.1 Å². The van der Waals surface area contributed by atoms with Crippen LogP contribution in [0.5, 0.6) is 0 Å². The van der Waals surface area contributed by atoms with Crippen molar-refractivity contribution >= 4 is 5.91 Å². The molecule has 0 spiro atoms. The Balaban J connectivity index is 1.60. The van der Waals surface area contributed by atoms with Crippen molar-refractivity contribution < 1.29 is 4.79 Å². The molecule has 23 heavy (non-hydrogen) atoms. The molecule has 1 atom stereocenters. The van der Waals surface area contributed by atoms with Crippen molar-refractivity contribution in [2.45, 2.75) is 12.8 Å². The predicted octanol–water partition coefficient (Wildman–Crippen LogP) is 2.20. The topological polar surface area (TPSA) is 72.7 Å². The van der Waals surface area contributed by atoms with Gasteiger partial charge in [0.1, 0.15) is 6.33 Å². The molecule has 1 heterocycles. The van der Waals surface area contributed by atoms with E-state index in [1.807, 2.05) is 30.3 Å². The van der Waals surface area contributed by atoms with Gasteiger partial charge in [-0.25, -0.2) is 4.68 Å². The van der Waals surface area contributed by atoms with Crippen molar-refractivity contribution in [3.63, 3.8) is 0 Å². The molecule has 1 amide bonds. The first kappa shape index (κ1) is 14.9. The molecule has 116 valence electrons. The van der Waals surface area contributed by atoms with Gasteiger partial charge in [-0.1, -0.05) is 37.3 Å². The van der Waals surface area contributed by atoms with Crippen LogP contribution in [-0.4, -0.2) is 32.7 Å². The summed E-state index contributed by atoms with van der Waals surface area (Å²) in [5, 5.41) is 13.9. The molecule has 0 bridgehead atoms. The van der Waals surface area contributed by atoms with E-state index < -0.39 is 0 Å². The third-order valence-corrected chi connectivity index (χ3v) is 3.68. The fourth-order valence-electron chi connectivity index (χ4n) is 2.29. The van der Waals surface area contributed by atoms with Gasteiger partial charge in [-0.15, -0.1) is 5.10 Å². The highest BCUT2D eigenvalue weighted by Crippen LogP contribution is 2.13. The van der Waals surface area contributed by atoms with E-state index in [0.717, 1.165) is 5.69 Å². The van der Waals surface area contributed by atoms with Gasteiger partial charge in [0.2, 0.25) is 0 Å². The minimum absolute atomic E-state index is 0.0870. The highest BCUT2D eigenvalue weighted by Gasteiger charge is 2.09. The number of aromatic nitrogens is 4. The Bertz CT molecular complexity index is 753. The van der Waals surface area contributed by atoms with Gasteiger partial charge >= 0.3 is 0 Å². The zero-order valence-electron chi connectivity index (χ0n) is 12.8. The lowest BCUT2D eigenvalue weighted by Crippen LogP contribution is -2.27. The number of hydrogen-bond donors (Lipinski definition) is 1. The Morgan fingerprint density at radius 3 is 2.52 bits per heavy atom.